The first kappa shape index (κ1) is 12.6. The highest BCUT2D eigenvalue weighted by Crippen LogP contribution is 2.16. The second kappa shape index (κ2) is 6.16. The van der Waals surface area contributed by atoms with E-state index in [0.717, 1.165) is 5.56 Å². The molecule has 0 spiro atoms. The lowest BCUT2D eigenvalue weighted by atomic mass is 10.1. The maximum absolute atomic E-state index is 11.8. The van der Waals surface area contributed by atoms with E-state index in [1.165, 1.54) is 6.20 Å². The number of thiol groups is 1. The van der Waals surface area contributed by atoms with Crippen LogP contribution in [0, 0.1) is 0 Å². The van der Waals surface area contributed by atoms with Gasteiger partial charge < -0.3 is 5.32 Å². The Labute approximate surface area is 111 Å². The molecule has 1 aromatic carbocycles. The molecule has 0 atom stereocenters. The van der Waals surface area contributed by atoms with Gasteiger partial charge in [0, 0.05) is 17.9 Å². The van der Waals surface area contributed by atoms with E-state index < -0.39 is 0 Å². The second-order valence-corrected chi connectivity index (χ2v) is 4.12. The van der Waals surface area contributed by atoms with Crippen molar-refractivity contribution in [2.75, 3.05) is 12.3 Å². The SMILES string of the molecule is O=C(NCCS)c1cnnc(-c2ccccc2)c1. The Hall–Kier alpha value is -1.88. The number of amides is 1. The number of aromatic nitrogens is 2. The van der Waals surface area contributed by atoms with Crippen molar-refractivity contribution in [3.8, 4) is 11.3 Å². The number of nitrogens with one attached hydrogen (secondary N) is 1. The minimum Gasteiger partial charge on any atom is -0.351 e. The van der Waals surface area contributed by atoms with Gasteiger partial charge in [0.15, 0.2) is 0 Å². The van der Waals surface area contributed by atoms with Gasteiger partial charge in [0.2, 0.25) is 0 Å². The smallest absolute Gasteiger partial charge is 0.253 e. The Morgan fingerprint density at radius 2 is 2.06 bits per heavy atom. The highest BCUT2D eigenvalue weighted by Gasteiger charge is 2.07. The average molecular weight is 259 g/mol. The standard InChI is InChI=1S/C13H13N3OS/c17-13(14-6-7-18)11-8-12(16-15-9-11)10-4-2-1-3-5-10/h1-5,8-9,18H,6-7H2,(H,14,17). The van der Waals surface area contributed by atoms with Gasteiger partial charge in [0.1, 0.15) is 0 Å². The van der Waals surface area contributed by atoms with Crippen molar-refractivity contribution in [3.63, 3.8) is 0 Å². The van der Waals surface area contributed by atoms with Gasteiger partial charge in [-0.15, -0.1) is 0 Å². The number of carbonyl (C=O) groups excluding carboxylic acids is 1. The number of hydrogen-bond acceptors (Lipinski definition) is 4. The molecule has 0 unspecified atom stereocenters. The second-order valence-electron chi connectivity index (χ2n) is 3.68. The summed E-state index contributed by atoms with van der Waals surface area (Å²) in [5, 5.41) is 10.6. The summed E-state index contributed by atoms with van der Waals surface area (Å²) >= 11 is 4.04. The van der Waals surface area contributed by atoms with Gasteiger partial charge in [-0.25, -0.2) is 0 Å². The molecule has 92 valence electrons. The van der Waals surface area contributed by atoms with Gasteiger partial charge >= 0.3 is 0 Å². The molecule has 4 nitrogen and oxygen atoms in total. The molecule has 1 heterocycles. The third-order valence-electron chi connectivity index (χ3n) is 2.38. The molecule has 0 radical (unpaired) electrons. The van der Waals surface area contributed by atoms with Crippen LogP contribution in [0.25, 0.3) is 11.3 Å². The summed E-state index contributed by atoms with van der Waals surface area (Å²) in [6, 6.07) is 11.4. The van der Waals surface area contributed by atoms with Crippen molar-refractivity contribution in [2.24, 2.45) is 0 Å². The summed E-state index contributed by atoms with van der Waals surface area (Å²) < 4.78 is 0. The van der Waals surface area contributed by atoms with Crippen LogP contribution in [0.2, 0.25) is 0 Å². The molecule has 0 bridgehead atoms. The van der Waals surface area contributed by atoms with Crippen LogP contribution in [0.5, 0.6) is 0 Å². The van der Waals surface area contributed by atoms with Gasteiger partial charge in [0.05, 0.1) is 17.5 Å². The van der Waals surface area contributed by atoms with Gasteiger partial charge in [-0.05, 0) is 6.07 Å². The maximum atomic E-state index is 11.8. The van der Waals surface area contributed by atoms with E-state index in [1.807, 2.05) is 30.3 Å². The molecular weight excluding hydrogens is 246 g/mol. The van der Waals surface area contributed by atoms with Crippen LogP contribution in [0.1, 0.15) is 10.4 Å². The van der Waals surface area contributed by atoms with Crippen molar-refractivity contribution in [1.29, 1.82) is 0 Å². The first-order valence-electron chi connectivity index (χ1n) is 5.58. The molecule has 2 rings (SSSR count). The van der Waals surface area contributed by atoms with Crippen molar-refractivity contribution >= 4 is 18.5 Å². The number of rotatable bonds is 4. The monoisotopic (exact) mass is 259 g/mol. The van der Waals surface area contributed by atoms with Crippen LogP contribution in [-0.4, -0.2) is 28.4 Å². The fourth-order valence-corrected chi connectivity index (χ4v) is 1.62. The quantitative estimate of drug-likeness (QED) is 0.823. The zero-order valence-electron chi connectivity index (χ0n) is 9.71. The lowest BCUT2D eigenvalue weighted by Gasteiger charge is -2.04. The maximum Gasteiger partial charge on any atom is 0.253 e. The number of carbonyl (C=O) groups is 1. The predicted octanol–water partition coefficient (Wildman–Crippen LogP) is 1.80. The fraction of sp³-hybridized carbons (Fsp3) is 0.154. The molecule has 5 heteroatoms. The normalized spacial score (nSPS) is 10.1. The van der Waals surface area contributed by atoms with Crippen molar-refractivity contribution < 1.29 is 4.79 Å². The van der Waals surface area contributed by atoms with Crippen molar-refractivity contribution in [3.05, 3.63) is 48.2 Å². The third kappa shape index (κ3) is 3.07. The molecule has 18 heavy (non-hydrogen) atoms. The van der Waals surface area contributed by atoms with Crippen LogP contribution in [-0.2, 0) is 0 Å². The van der Waals surface area contributed by atoms with E-state index in [1.54, 1.807) is 6.07 Å². The van der Waals surface area contributed by atoms with Crippen molar-refractivity contribution in [2.45, 2.75) is 0 Å². The lowest BCUT2D eigenvalue weighted by Crippen LogP contribution is -2.25. The number of hydrogen-bond donors (Lipinski definition) is 2. The Balaban J connectivity index is 2.23. The first-order chi connectivity index (χ1) is 8.81. The summed E-state index contributed by atoms with van der Waals surface area (Å²) in [7, 11) is 0. The molecule has 1 N–H and O–H groups in total. The lowest BCUT2D eigenvalue weighted by molar-refractivity contribution is 0.0955. The van der Waals surface area contributed by atoms with Gasteiger partial charge in [0.25, 0.3) is 5.91 Å². The van der Waals surface area contributed by atoms with Gasteiger partial charge in [-0.3, -0.25) is 4.79 Å². The summed E-state index contributed by atoms with van der Waals surface area (Å²) in [5.41, 5.74) is 2.13. The number of nitrogens with zero attached hydrogens (tertiary/aromatic N) is 2. The Morgan fingerprint density at radius 1 is 1.28 bits per heavy atom. The third-order valence-corrected chi connectivity index (χ3v) is 2.61. The molecule has 0 aliphatic carbocycles. The van der Waals surface area contributed by atoms with Crippen molar-refractivity contribution in [1.82, 2.24) is 15.5 Å². The van der Waals surface area contributed by atoms with E-state index in [2.05, 4.69) is 28.1 Å². The molecule has 1 amide bonds. The summed E-state index contributed by atoms with van der Waals surface area (Å²) in [5.74, 6) is 0.451. The molecule has 1 aromatic heterocycles. The van der Waals surface area contributed by atoms with Crippen LogP contribution < -0.4 is 5.32 Å². The zero-order chi connectivity index (χ0) is 12.8. The van der Waals surface area contributed by atoms with E-state index >= 15 is 0 Å². The fourth-order valence-electron chi connectivity index (χ4n) is 1.51. The summed E-state index contributed by atoms with van der Waals surface area (Å²) in [4.78, 5) is 11.8. The highest BCUT2D eigenvalue weighted by atomic mass is 32.1. The molecule has 0 saturated heterocycles. The van der Waals surface area contributed by atoms with E-state index in [4.69, 9.17) is 0 Å². The largest absolute Gasteiger partial charge is 0.351 e. The Bertz CT molecular complexity index is 531. The van der Waals surface area contributed by atoms with Gasteiger partial charge in [-0.1, -0.05) is 30.3 Å². The highest BCUT2D eigenvalue weighted by molar-refractivity contribution is 7.80. The average Bonchev–Trinajstić information content (AvgIpc) is 2.46. The summed E-state index contributed by atoms with van der Waals surface area (Å²) in [6.07, 6.45) is 1.46. The summed E-state index contributed by atoms with van der Waals surface area (Å²) in [6.45, 7) is 0.533. The minimum atomic E-state index is -0.156. The van der Waals surface area contributed by atoms with Crippen LogP contribution in [0.3, 0.4) is 0 Å². The molecule has 0 fully saturated rings. The van der Waals surface area contributed by atoms with Crippen LogP contribution >= 0.6 is 12.6 Å². The van der Waals surface area contributed by atoms with Gasteiger partial charge in [-0.2, -0.15) is 22.8 Å². The first-order valence-corrected chi connectivity index (χ1v) is 6.21. The van der Waals surface area contributed by atoms with E-state index in [-0.39, 0.29) is 5.91 Å². The molecule has 0 saturated carbocycles. The van der Waals surface area contributed by atoms with Crippen LogP contribution in [0.15, 0.2) is 42.6 Å². The molecular formula is C13H13N3OS. The Kier molecular flexibility index (Phi) is 4.30. The Morgan fingerprint density at radius 3 is 2.78 bits per heavy atom. The zero-order valence-corrected chi connectivity index (χ0v) is 10.6. The minimum absolute atomic E-state index is 0.156. The van der Waals surface area contributed by atoms with E-state index in [9.17, 15) is 4.79 Å². The van der Waals surface area contributed by atoms with Crippen LogP contribution in [0.4, 0.5) is 0 Å². The number of benzene rings is 1. The molecule has 0 aliphatic heterocycles. The van der Waals surface area contributed by atoms with E-state index in [0.29, 0.717) is 23.6 Å². The topological polar surface area (TPSA) is 54.9 Å². The predicted molar refractivity (Wildman–Crippen MR) is 73.7 cm³/mol. The molecule has 2 aromatic rings. The molecule has 0 aliphatic rings.